The molecule has 3 nitrogen and oxygen atoms in total. The van der Waals surface area contributed by atoms with Crippen LogP contribution in [0.1, 0.15) is 19.7 Å². The first-order valence-corrected chi connectivity index (χ1v) is 6.01. The van der Waals surface area contributed by atoms with Crippen LogP contribution in [-0.2, 0) is 18.8 Å². The van der Waals surface area contributed by atoms with E-state index in [1.54, 1.807) is 0 Å². The Kier molecular flexibility index (Phi) is 4.54. The fourth-order valence-electron chi connectivity index (χ4n) is 1.43. The maximum Gasteiger partial charge on any atom is 0.257 e. The summed E-state index contributed by atoms with van der Waals surface area (Å²) in [4.78, 5) is 0. The van der Waals surface area contributed by atoms with Crippen LogP contribution in [0.2, 0.25) is 0 Å². The summed E-state index contributed by atoms with van der Waals surface area (Å²) in [7, 11) is 0. The number of nitriles is 1. The van der Waals surface area contributed by atoms with Gasteiger partial charge in [-0.1, -0.05) is 13.8 Å². The lowest BCUT2D eigenvalue weighted by molar-refractivity contribution is -0.683. The zero-order chi connectivity index (χ0) is 10.4. The van der Waals surface area contributed by atoms with Crippen molar-refractivity contribution in [2.45, 2.75) is 32.7 Å². The smallest absolute Gasteiger partial charge is 0.225 e. The molecule has 0 aromatic carbocycles. The Morgan fingerprint density at radius 1 is 1.57 bits per heavy atom. The van der Waals surface area contributed by atoms with E-state index in [4.69, 9.17) is 5.26 Å². The normalized spacial score (nSPS) is 10.1. The van der Waals surface area contributed by atoms with Crippen molar-refractivity contribution >= 4 is 11.8 Å². The first-order chi connectivity index (χ1) is 6.83. The molecule has 4 heteroatoms. The molecule has 0 spiro atoms. The lowest BCUT2D eigenvalue weighted by Crippen LogP contribution is -2.35. The summed E-state index contributed by atoms with van der Waals surface area (Å²) < 4.78 is 4.22. The minimum Gasteiger partial charge on any atom is -0.225 e. The van der Waals surface area contributed by atoms with Crippen molar-refractivity contribution < 1.29 is 4.57 Å². The van der Waals surface area contributed by atoms with Gasteiger partial charge in [0.05, 0.1) is 0 Å². The molecular weight excluding hydrogens is 194 g/mol. The van der Waals surface area contributed by atoms with Crippen LogP contribution < -0.4 is 4.57 Å². The Labute approximate surface area is 89.4 Å². The Balaban J connectivity index is 2.79. The molecule has 0 fully saturated rings. The molecule has 0 aliphatic heterocycles. The second-order valence-corrected chi connectivity index (χ2v) is 4.19. The topological polar surface area (TPSA) is 32.6 Å². The molecule has 0 saturated heterocycles. The highest BCUT2D eigenvalue weighted by Gasteiger charge is 2.13. The summed E-state index contributed by atoms with van der Waals surface area (Å²) >= 11 is 1.89. The van der Waals surface area contributed by atoms with Crippen LogP contribution in [0.5, 0.6) is 0 Å². The van der Waals surface area contributed by atoms with Gasteiger partial charge >= 0.3 is 0 Å². The molecule has 1 aromatic heterocycles. The number of imidazole rings is 1. The Bertz CT molecular complexity index is 325. The van der Waals surface area contributed by atoms with Crippen LogP contribution in [-0.4, -0.2) is 10.3 Å². The molecular formula is C10H16N3S+. The van der Waals surface area contributed by atoms with Gasteiger partial charge in [-0.15, -0.1) is 11.8 Å². The lowest BCUT2D eigenvalue weighted by atomic mass is 10.4. The fourth-order valence-corrected chi connectivity index (χ4v) is 2.05. The highest BCUT2D eigenvalue weighted by Crippen LogP contribution is 2.02. The van der Waals surface area contributed by atoms with Crippen LogP contribution in [0.3, 0.4) is 0 Å². The molecule has 0 atom stereocenters. The summed E-state index contributed by atoms with van der Waals surface area (Å²) in [5, 5.41) is 8.64. The number of aromatic nitrogens is 2. The number of hydrogen-bond acceptors (Lipinski definition) is 2. The molecule has 0 unspecified atom stereocenters. The molecule has 0 amide bonds. The number of nitrogens with zero attached hydrogens (tertiary/aromatic N) is 3. The first-order valence-electron chi connectivity index (χ1n) is 4.85. The summed E-state index contributed by atoms with van der Waals surface area (Å²) in [6.45, 7) is 4.73. The summed E-state index contributed by atoms with van der Waals surface area (Å²) in [5.41, 5.74) is 0. The van der Waals surface area contributed by atoms with Gasteiger partial charge in [-0.2, -0.15) is 5.26 Å². The first kappa shape index (κ1) is 11.1. The van der Waals surface area contributed by atoms with Gasteiger partial charge in [0.15, 0.2) is 6.54 Å². The van der Waals surface area contributed by atoms with Crippen molar-refractivity contribution in [3.8, 4) is 6.07 Å². The van der Waals surface area contributed by atoms with Gasteiger partial charge < -0.3 is 0 Å². The average molecular weight is 210 g/mol. The van der Waals surface area contributed by atoms with Gasteiger partial charge in [0.25, 0.3) is 5.82 Å². The van der Waals surface area contributed by atoms with E-state index < -0.39 is 0 Å². The molecule has 1 heterocycles. The highest BCUT2D eigenvalue weighted by molar-refractivity contribution is 7.98. The summed E-state index contributed by atoms with van der Waals surface area (Å²) in [6.07, 6.45) is 5.01. The van der Waals surface area contributed by atoms with Gasteiger partial charge in [0.1, 0.15) is 24.3 Å². The van der Waals surface area contributed by atoms with E-state index in [-0.39, 0.29) is 0 Å². The minimum atomic E-state index is 0.451. The molecule has 0 aliphatic rings. The number of hydrogen-bond donors (Lipinski definition) is 0. The van der Waals surface area contributed by atoms with E-state index in [1.807, 2.05) is 22.5 Å². The average Bonchev–Trinajstić information content (AvgIpc) is 2.58. The standard InChI is InChI=1S/C10H16N3S/c1-3-10-12(6-5-11)7-8-13(10)9-14-4-2/h7-8H,3-4,6,9H2,1-2H3/q+1. The second kappa shape index (κ2) is 5.71. The van der Waals surface area contributed by atoms with Crippen molar-refractivity contribution in [3.05, 3.63) is 18.2 Å². The molecule has 1 rings (SSSR count). The predicted octanol–water partition coefficient (Wildman–Crippen LogP) is 1.57. The lowest BCUT2D eigenvalue weighted by Gasteiger charge is -1.99. The zero-order valence-electron chi connectivity index (χ0n) is 8.73. The monoisotopic (exact) mass is 210 g/mol. The SMILES string of the molecule is CCSC[n+]1ccn(CC#N)c1CC. The van der Waals surface area contributed by atoms with E-state index in [1.165, 1.54) is 5.82 Å². The Hall–Kier alpha value is -0.950. The maximum atomic E-state index is 8.64. The van der Waals surface area contributed by atoms with Crippen LogP contribution in [0.15, 0.2) is 12.4 Å². The molecule has 0 bridgehead atoms. The Morgan fingerprint density at radius 3 is 2.93 bits per heavy atom. The van der Waals surface area contributed by atoms with E-state index in [0.29, 0.717) is 6.54 Å². The van der Waals surface area contributed by atoms with Gasteiger partial charge in [0, 0.05) is 6.42 Å². The third kappa shape index (κ3) is 2.52. The van der Waals surface area contributed by atoms with Crippen molar-refractivity contribution in [2.24, 2.45) is 0 Å². The molecule has 76 valence electrons. The van der Waals surface area contributed by atoms with Gasteiger partial charge in [-0.25, -0.2) is 9.13 Å². The van der Waals surface area contributed by atoms with Gasteiger partial charge in [-0.3, -0.25) is 0 Å². The Morgan fingerprint density at radius 2 is 2.36 bits per heavy atom. The van der Waals surface area contributed by atoms with Crippen LogP contribution in [0.4, 0.5) is 0 Å². The quantitative estimate of drug-likeness (QED) is 0.691. The van der Waals surface area contributed by atoms with Crippen molar-refractivity contribution in [3.63, 3.8) is 0 Å². The molecule has 0 radical (unpaired) electrons. The van der Waals surface area contributed by atoms with Crippen LogP contribution in [0.25, 0.3) is 0 Å². The van der Waals surface area contributed by atoms with E-state index >= 15 is 0 Å². The van der Waals surface area contributed by atoms with Crippen molar-refractivity contribution in [1.29, 1.82) is 5.26 Å². The highest BCUT2D eigenvalue weighted by atomic mass is 32.2. The van der Waals surface area contributed by atoms with Crippen molar-refractivity contribution in [1.82, 2.24) is 4.57 Å². The van der Waals surface area contributed by atoms with Crippen molar-refractivity contribution in [2.75, 3.05) is 5.75 Å². The summed E-state index contributed by atoms with van der Waals surface area (Å²) in [5.74, 6) is 3.34. The molecule has 0 aliphatic carbocycles. The third-order valence-corrected chi connectivity index (χ3v) is 2.95. The second-order valence-electron chi connectivity index (χ2n) is 2.95. The summed E-state index contributed by atoms with van der Waals surface area (Å²) in [6, 6.07) is 2.17. The predicted molar refractivity (Wildman–Crippen MR) is 57.8 cm³/mol. The minimum absolute atomic E-state index is 0.451. The van der Waals surface area contributed by atoms with Gasteiger partial charge in [-0.05, 0) is 5.75 Å². The van der Waals surface area contributed by atoms with Crippen LogP contribution >= 0.6 is 11.8 Å². The van der Waals surface area contributed by atoms with E-state index in [9.17, 15) is 0 Å². The molecule has 0 saturated carbocycles. The van der Waals surface area contributed by atoms with E-state index in [2.05, 4.69) is 30.7 Å². The fraction of sp³-hybridized carbons (Fsp3) is 0.600. The van der Waals surface area contributed by atoms with Gasteiger partial charge in [0.2, 0.25) is 0 Å². The largest absolute Gasteiger partial charge is 0.257 e. The molecule has 14 heavy (non-hydrogen) atoms. The third-order valence-electron chi connectivity index (χ3n) is 2.08. The molecule has 0 N–H and O–H groups in total. The molecule has 1 aromatic rings. The number of thioether (sulfide) groups is 1. The maximum absolute atomic E-state index is 8.64. The van der Waals surface area contributed by atoms with E-state index in [0.717, 1.165) is 18.1 Å². The number of rotatable bonds is 5. The van der Waals surface area contributed by atoms with Crippen LogP contribution in [0, 0.1) is 11.3 Å². The zero-order valence-corrected chi connectivity index (χ0v) is 9.55.